The molecule has 0 aromatic rings. The van der Waals surface area contributed by atoms with Gasteiger partial charge in [0.2, 0.25) is 0 Å². The van der Waals surface area contributed by atoms with Gasteiger partial charge in [-0.1, -0.05) is 20.8 Å². The van der Waals surface area contributed by atoms with Crippen molar-refractivity contribution in [2.24, 2.45) is 10.5 Å². The van der Waals surface area contributed by atoms with Crippen LogP contribution in [0.3, 0.4) is 0 Å². The molecule has 0 bridgehead atoms. The van der Waals surface area contributed by atoms with Crippen LogP contribution in [0.4, 0.5) is 0 Å². The lowest BCUT2D eigenvalue weighted by atomic mass is 9.92. The molecule has 0 N–H and O–H groups in total. The van der Waals surface area contributed by atoms with Crippen molar-refractivity contribution < 1.29 is 0 Å². The molecule has 0 aromatic carbocycles. The molecule has 1 aliphatic rings. The highest BCUT2D eigenvalue weighted by Gasteiger charge is 2.34. The summed E-state index contributed by atoms with van der Waals surface area (Å²) >= 11 is 2.28. The molecule has 1 rings (SSSR count). The van der Waals surface area contributed by atoms with Gasteiger partial charge in [-0.3, -0.25) is 8.12 Å². The first-order chi connectivity index (χ1) is 4.93. The Kier molecular flexibility index (Phi) is 2.32. The standard InChI is InChI=1S/C7H14IN3/c1-7(2,3)6-10(4)9-5-11(6)8/h5-6H,1-4H3. The van der Waals surface area contributed by atoms with Gasteiger partial charge in [-0.05, 0) is 0 Å². The Morgan fingerprint density at radius 1 is 1.45 bits per heavy atom. The molecule has 0 saturated heterocycles. The largest absolute Gasteiger partial charge is 0.280 e. The van der Waals surface area contributed by atoms with Crippen LogP contribution in [0.5, 0.6) is 0 Å². The summed E-state index contributed by atoms with van der Waals surface area (Å²) < 4.78 is 2.11. The van der Waals surface area contributed by atoms with Crippen molar-refractivity contribution in [3.63, 3.8) is 0 Å². The van der Waals surface area contributed by atoms with E-state index in [-0.39, 0.29) is 5.41 Å². The first-order valence-corrected chi connectivity index (χ1v) is 4.60. The maximum Gasteiger partial charge on any atom is 0.132 e. The van der Waals surface area contributed by atoms with Crippen LogP contribution in [-0.4, -0.2) is 27.7 Å². The molecule has 0 amide bonds. The smallest absolute Gasteiger partial charge is 0.132 e. The van der Waals surface area contributed by atoms with Crippen LogP contribution in [0.15, 0.2) is 5.10 Å². The SMILES string of the molecule is CN1N=CN(I)C1C(C)(C)C. The summed E-state index contributed by atoms with van der Waals surface area (Å²) in [5, 5.41) is 6.18. The fraction of sp³-hybridized carbons (Fsp3) is 0.857. The van der Waals surface area contributed by atoms with E-state index in [1.165, 1.54) is 0 Å². The van der Waals surface area contributed by atoms with Gasteiger partial charge in [0.05, 0.1) is 22.9 Å². The van der Waals surface area contributed by atoms with E-state index >= 15 is 0 Å². The third kappa shape index (κ3) is 1.77. The van der Waals surface area contributed by atoms with Crippen molar-refractivity contribution in [3.8, 4) is 0 Å². The lowest BCUT2D eigenvalue weighted by Gasteiger charge is -2.34. The zero-order valence-electron chi connectivity index (χ0n) is 7.37. The van der Waals surface area contributed by atoms with E-state index in [0.29, 0.717) is 6.17 Å². The third-order valence-corrected chi connectivity index (χ3v) is 2.48. The van der Waals surface area contributed by atoms with Gasteiger partial charge in [-0.2, -0.15) is 5.10 Å². The number of hydrogen-bond acceptors (Lipinski definition) is 3. The molecule has 0 spiro atoms. The molecule has 1 heterocycles. The second-order valence-corrected chi connectivity index (χ2v) is 5.00. The van der Waals surface area contributed by atoms with Crippen molar-refractivity contribution >= 4 is 29.2 Å². The van der Waals surface area contributed by atoms with Gasteiger partial charge in [0.1, 0.15) is 12.5 Å². The Labute approximate surface area is 81.9 Å². The van der Waals surface area contributed by atoms with Crippen molar-refractivity contribution in [2.75, 3.05) is 7.05 Å². The zero-order chi connectivity index (χ0) is 8.65. The molecule has 1 atom stereocenters. The second-order valence-electron chi connectivity index (χ2n) is 3.89. The lowest BCUT2D eigenvalue weighted by Crippen LogP contribution is -2.42. The van der Waals surface area contributed by atoms with Crippen molar-refractivity contribution in [3.05, 3.63) is 0 Å². The van der Waals surface area contributed by atoms with Crippen molar-refractivity contribution in [2.45, 2.75) is 26.9 Å². The Hall–Kier alpha value is 0. The summed E-state index contributed by atoms with van der Waals surface area (Å²) in [5.74, 6) is 0. The fourth-order valence-electron chi connectivity index (χ4n) is 1.35. The molecule has 0 aliphatic carbocycles. The Balaban J connectivity index is 2.74. The molecule has 64 valence electrons. The molecule has 4 heteroatoms. The molecule has 0 fully saturated rings. The summed E-state index contributed by atoms with van der Waals surface area (Å²) in [6, 6.07) is 0. The number of rotatable bonds is 0. The van der Waals surface area contributed by atoms with Crippen LogP contribution in [0.2, 0.25) is 0 Å². The van der Waals surface area contributed by atoms with E-state index in [2.05, 4.69) is 51.9 Å². The van der Waals surface area contributed by atoms with Crippen LogP contribution in [0.1, 0.15) is 20.8 Å². The molecule has 0 aromatic heterocycles. The quantitative estimate of drug-likeness (QED) is 0.493. The Morgan fingerprint density at radius 2 is 2.00 bits per heavy atom. The summed E-state index contributed by atoms with van der Waals surface area (Å²) in [7, 11) is 2.01. The minimum atomic E-state index is 0.243. The molecule has 1 aliphatic heterocycles. The number of hydrogen-bond donors (Lipinski definition) is 0. The summed E-state index contributed by atoms with van der Waals surface area (Å²) in [6.45, 7) is 6.65. The summed E-state index contributed by atoms with van der Waals surface area (Å²) in [6.07, 6.45) is 2.24. The fourth-order valence-corrected chi connectivity index (χ4v) is 2.65. The molecular weight excluding hydrogens is 253 g/mol. The average Bonchev–Trinajstić information content (AvgIpc) is 2.08. The topological polar surface area (TPSA) is 18.8 Å². The predicted octanol–water partition coefficient (Wildman–Crippen LogP) is 1.90. The molecule has 3 nitrogen and oxygen atoms in total. The Morgan fingerprint density at radius 3 is 2.18 bits per heavy atom. The normalized spacial score (nSPS) is 25.0. The predicted molar refractivity (Wildman–Crippen MR) is 55.4 cm³/mol. The molecule has 11 heavy (non-hydrogen) atoms. The molecule has 0 saturated carbocycles. The van der Waals surface area contributed by atoms with Gasteiger partial charge >= 0.3 is 0 Å². The van der Waals surface area contributed by atoms with E-state index < -0.39 is 0 Å². The molecular formula is C7H14IN3. The summed E-state index contributed by atoms with van der Waals surface area (Å²) in [4.78, 5) is 0. The van der Waals surface area contributed by atoms with Crippen LogP contribution >= 0.6 is 22.9 Å². The first-order valence-electron chi connectivity index (χ1n) is 3.64. The zero-order valence-corrected chi connectivity index (χ0v) is 9.53. The molecule has 1 unspecified atom stereocenters. The second kappa shape index (κ2) is 2.80. The minimum Gasteiger partial charge on any atom is -0.280 e. The van der Waals surface area contributed by atoms with Crippen LogP contribution < -0.4 is 0 Å². The minimum absolute atomic E-state index is 0.243. The van der Waals surface area contributed by atoms with Crippen LogP contribution in [-0.2, 0) is 0 Å². The van der Waals surface area contributed by atoms with Gasteiger partial charge in [0.25, 0.3) is 0 Å². The first kappa shape index (κ1) is 9.09. The van der Waals surface area contributed by atoms with Gasteiger partial charge in [-0.15, -0.1) is 0 Å². The molecule has 0 radical (unpaired) electrons. The van der Waals surface area contributed by atoms with Gasteiger partial charge < -0.3 is 0 Å². The summed E-state index contributed by atoms with van der Waals surface area (Å²) in [5.41, 5.74) is 0.243. The Bertz CT molecular complexity index is 161. The maximum absolute atomic E-state index is 4.19. The van der Waals surface area contributed by atoms with Crippen molar-refractivity contribution in [1.29, 1.82) is 0 Å². The highest BCUT2D eigenvalue weighted by molar-refractivity contribution is 14.1. The average molecular weight is 267 g/mol. The monoisotopic (exact) mass is 267 g/mol. The van der Waals surface area contributed by atoms with Gasteiger partial charge in [0, 0.05) is 12.5 Å². The van der Waals surface area contributed by atoms with E-state index in [0.717, 1.165) is 0 Å². The number of halogens is 1. The third-order valence-electron chi connectivity index (χ3n) is 1.71. The van der Waals surface area contributed by atoms with E-state index in [1.807, 2.05) is 18.4 Å². The lowest BCUT2D eigenvalue weighted by molar-refractivity contribution is 0.106. The highest BCUT2D eigenvalue weighted by atomic mass is 127. The van der Waals surface area contributed by atoms with Crippen molar-refractivity contribution in [1.82, 2.24) is 8.12 Å². The van der Waals surface area contributed by atoms with Gasteiger partial charge in [0.15, 0.2) is 0 Å². The number of nitrogens with zero attached hydrogens (tertiary/aromatic N) is 3. The van der Waals surface area contributed by atoms with Gasteiger partial charge in [-0.25, -0.2) is 0 Å². The van der Waals surface area contributed by atoms with E-state index in [9.17, 15) is 0 Å². The van der Waals surface area contributed by atoms with E-state index in [4.69, 9.17) is 0 Å². The number of hydrazone groups is 1. The van der Waals surface area contributed by atoms with E-state index in [1.54, 1.807) is 0 Å². The van der Waals surface area contributed by atoms with Crippen LogP contribution in [0, 0.1) is 5.41 Å². The van der Waals surface area contributed by atoms with Crippen LogP contribution in [0.25, 0.3) is 0 Å². The maximum atomic E-state index is 4.19. The highest BCUT2D eigenvalue weighted by Crippen LogP contribution is 2.30.